The summed E-state index contributed by atoms with van der Waals surface area (Å²) in [6, 6.07) is 7.75. The van der Waals surface area contributed by atoms with Gasteiger partial charge < -0.3 is 9.84 Å². The van der Waals surface area contributed by atoms with Crippen LogP contribution in [0.2, 0.25) is 0 Å². The van der Waals surface area contributed by atoms with E-state index in [4.69, 9.17) is 4.74 Å². The minimum absolute atomic E-state index is 0.0377. The van der Waals surface area contributed by atoms with Crippen LogP contribution < -0.4 is 0 Å². The van der Waals surface area contributed by atoms with Crippen molar-refractivity contribution in [2.24, 2.45) is 35.5 Å². The number of hydrogen-bond acceptors (Lipinski definition) is 6. The van der Waals surface area contributed by atoms with Crippen LogP contribution >= 0.6 is 0 Å². The predicted molar refractivity (Wildman–Crippen MR) is 158 cm³/mol. The van der Waals surface area contributed by atoms with Gasteiger partial charge in [0, 0.05) is 6.42 Å². The third kappa shape index (κ3) is 8.11. The zero-order chi connectivity index (χ0) is 30.4. The maximum atomic E-state index is 14.2. The molecule has 1 aliphatic carbocycles. The predicted octanol–water partition coefficient (Wildman–Crippen LogP) is 6.50. The van der Waals surface area contributed by atoms with E-state index in [0.717, 1.165) is 17.5 Å². The molecule has 0 bridgehead atoms. The first-order chi connectivity index (χ1) is 18.6. The Balaban J connectivity index is 2.54. The fourth-order valence-electron chi connectivity index (χ4n) is 5.72. The molecule has 1 aromatic rings. The first-order valence-corrected chi connectivity index (χ1v) is 15.2. The molecule has 2 rings (SSSR count). The van der Waals surface area contributed by atoms with Gasteiger partial charge in [0.15, 0.2) is 17.3 Å². The van der Waals surface area contributed by atoms with Crippen molar-refractivity contribution in [3.8, 4) is 0 Å². The summed E-state index contributed by atoms with van der Waals surface area (Å²) in [5.41, 5.74) is -0.176. The van der Waals surface area contributed by atoms with Crippen molar-refractivity contribution >= 4 is 23.3 Å². The van der Waals surface area contributed by atoms with Crippen molar-refractivity contribution < 1.29 is 29.0 Å². The summed E-state index contributed by atoms with van der Waals surface area (Å²) in [7, 11) is 0. The van der Waals surface area contributed by atoms with Gasteiger partial charge in [0.1, 0.15) is 12.0 Å². The molecule has 0 amide bonds. The number of aliphatic hydroxyl groups excluding tert-OH is 1. The summed E-state index contributed by atoms with van der Waals surface area (Å²) in [5, 5.41) is 11.6. The van der Waals surface area contributed by atoms with E-state index in [-0.39, 0.29) is 37.0 Å². The van der Waals surface area contributed by atoms with Gasteiger partial charge in [-0.15, -0.1) is 0 Å². The summed E-state index contributed by atoms with van der Waals surface area (Å²) in [4.78, 5) is 54.9. The highest BCUT2D eigenvalue weighted by Gasteiger charge is 2.67. The molecule has 0 radical (unpaired) electrons. The molecule has 40 heavy (non-hydrogen) atoms. The average Bonchev–Trinajstić information content (AvgIpc) is 3.06. The zero-order valence-electron chi connectivity index (χ0n) is 26.2. The molecular weight excluding hydrogens is 504 g/mol. The first-order valence-electron chi connectivity index (χ1n) is 15.2. The van der Waals surface area contributed by atoms with E-state index in [0.29, 0.717) is 18.8 Å². The molecule has 0 saturated heterocycles. The Labute approximate surface area is 241 Å². The zero-order valence-corrected chi connectivity index (χ0v) is 26.2. The van der Waals surface area contributed by atoms with E-state index < -0.39 is 52.8 Å². The molecule has 1 fully saturated rings. The van der Waals surface area contributed by atoms with Gasteiger partial charge in [-0.05, 0) is 67.4 Å². The molecule has 0 heterocycles. The Kier molecular flexibility index (Phi) is 12.3. The maximum absolute atomic E-state index is 14.2. The summed E-state index contributed by atoms with van der Waals surface area (Å²) in [6.45, 7) is 17.7. The lowest BCUT2D eigenvalue weighted by atomic mass is 9.78. The Morgan fingerprint density at radius 3 is 1.90 bits per heavy atom. The smallest absolute Gasteiger partial charge is 0.314 e. The van der Waals surface area contributed by atoms with E-state index in [1.54, 1.807) is 6.92 Å². The third-order valence-electron chi connectivity index (χ3n) is 8.02. The van der Waals surface area contributed by atoms with Gasteiger partial charge in [0.2, 0.25) is 5.60 Å². The molecule has 224 valence electrons. The molecule has 1 N–H and O–H groups in total. The lowest BCUT2D eigenvalue weighted by molar-refractivity contribution is -0.188. The standard InChI is InChI=1S/C34H52O6/c1-20(2)10-16-27-31(37)30(28(35)19-23(7)8)32(38)34(27,29(36)17-11-21(3)4)40-33(39)24(9)26-14-12-25(13-15-26)18-22(5)6/h12-15,20-24,27,29-30,36H,10-11,16-19H2,1-9H3. The fourth-order valence-corrected chi connectivity index (χ4v) is 5.72. The molecular formula is C34H52O6. The van der Waals surface area contributed by atoms with Gasteiger partial charge in [-0.1, -0.05) is 86.1 Å². The van der Waals surface area contributed by atoms with E-state index in [9.17, 15) is 24.3 Å². The van der Waals surface area contributed by atoms with Crippen molar-refractivity contribution in [3.05, 3.63) is 35.4 Å². The van der Waals surface area contributed by atoms with Gasteiger partial charge >= 0.3 is 5.97 Å². The number of benzene rings is 1. The summed E-state index contributed by atoms with van der Waals surface area (Å²) in [5.74, 6) is -4.77. The molecule has 0 aliphatic heterocycles. The Morgan fingerprint density at radius 2 is 1.40 bits per heavy atom. The maximum Gasteiger partial charge on any atom is 0.314 e. The van der Waals surface area contributed by atoms with Crippen LogP contribution in [0.1, 0.15) is 111 Å². The molecule has 5 atom stereocenters. The SMILES string of the molecule is CC(C)CCC(O)C1(OC(=O)C(C)c2ccc(CC(C)C)cc2)C(=O)C(C(=O)CC(C)C)C(=O)C1CCC(C)C. The van der Waals surface area contributed by atoms with Crippen LogP contribution in [0.15, 0.2) is 24.3 Å². The Hall–Kier alpha value is -2.34. The second-order valence-electron chi connectivity index (χ2n) is 13.6. The van der Waals surface area contributed by atoms with Crippen molar-refractivity contribution in [1.82, 2.24) is 0 Å². The highest BCUT2D eigenvalue weighted by molar-refractivity contribution is 6.28. The van der Waals surface area contributed by atoms with Crippen LogP contribution in [-0.4, -0.2) is 40.1 Å². The number of hydrogen-bond donors (Lipinski definition) is 1. The van der Waals surface area contributed by atoms with E-state index >= 15 is 0 Å². The molecule has 1 aliphatic rings. The van der Waals surface area contributed by atoms with Crippen LogP contribution in [0.5, 0.6) is 0 Å². The van der Waals surface area contributed by atoms with Gasteiger partial charge in [0.25, 0.3) is 0 Å². The van der Waals surface area contributed by atoms with Gasteiger partial charge in [0.05, 0.1) is 11.8 Å². The van der Waals surface area contributed by atoms with Crippen molar-refractivity contribution in [1.29, 1.82) is 0 Å². The van der Waals surface area contributed by atoms with Crippen LogP contribution in [0.4, 0.5) is 0 Å². The molecule has 6 nitrogen and oxygen atoms in total. The summed E-state index contributed by atoms with van der Waals surface area (Å²) in [6.07, 6.45) is 1.23. The third-order valence-corrected chi connectivity index (χ3v) is 8.02. The summed E-state index contributed by atoms with van der Waals surface area (Å²) >= 11 is 0. The fraction of sp³-hybridized carbons (Fsp3) is 0.706. The number of esters is 1. The highest BCUT2D eigenvalue weighted by Crippen LogP contribution is 2.45. The molecule has 6 heteroatoms. The minimum Gasteiger partial charge on any atom is -0.447 e. The van der Waals surface area contributed by atoms with Crippen molar-refractivity contribution in [2.45, 2.75) is 118 Å². The van der Waals surface area contributed by atoms with Crippen molar-refractivity contribution in [2.75, 3.05) is 0 Å². The monoisotopic (exact) mass is 556 g/mol. The largest absolute Gasteiger partial charge is 0.447 e. The number of ether oxygens (including phenoxy) is 1. The number of rotatable bonds is 15. The van der Waals surface area contributed by atoms with E-state index in [1.807, 2.05) is 65.8 Å². The van der Waals surface area contributed by atoms with Gasteiger partial charge in [-0.25, -0.2) is 0 Å². The quantitative estimate of drug-likeness (QED) is 0.196. The number of ketones is 3. The first kappa shape index (κ1) is 33.9. The lowest BCUT2D eigenvalue weighted by Gasteiger charge is -2.38. The number of Topliss-reactive ketones (excluding diaryl/α,β-unsaturated/α-hetero) is 3. The molecule has 0 spiro atoms. The highest BCUT2D eigenvalue weighted by atomic mass is 16.6. The van der Waals surface area contributed by atoms with Crippen LogP contribution in [0.3, 0.4) is 0 Å². The summed E-state index contributed by atoms with van der Waals surface area (Å²) < 4.78 is 6.11. The van der Waals surface area contributed by atoms with Gasteiger partial charge in [-0.3, -0.25) is 19.2 Å². The molecule has 1 saturated carbocycles. The second-order valence-corrected chi connectivity index (χ2v) is 13.6. The van der Waals surface area contributed by atoms with E-state index in [1.165, 1.54) is 0 Å². The van der Waals surface area contributed by atoms with Crippen molar-refractivity contribution in [3.63, 3.8) is 0 Å². The number of carbonyl (C=O) groups is 4. The van der Waals surface area contributed by atoms with Crippen LogP contribution in [-0.2, 0) is 30.3 Å². The Bertz CT molecular complexity index is 1020. The van der Waals surface area contributed by atoms with Crippen LogP contribution in [0.25, 0.3) is 0 Å². The average molecular weight is 557 g/mol. The van der Waals surface area contributed by atoms with E-state index in [2.05, 4.69) is 13.8 Å². The molecule has 1 aromatic carbocycles. The molecule has 5 unspecified atom stereocenters. The number of aliphatic hydroxyl groups is 1. The van der Waals surface area contributed by atoms with Crippen LogP contribution in [0, 0.1) is 35.5 Å². The second kappa shape index (κ2) is 14.5. The lowest BCUT2D eigenvalue weighted by Crippen LogP contribution is -2.56. The minimum atomic E-state index is -2.07. The van der Waals surface area contributed by atoms with Gasteiger partial charge in [-0.2, -0.15) is 0 Å². The molecule has 0 aromatic heterocycles. The topological polar surface area (TPSA) is 97.7 Å². The normalized spacial score (nSPS) is 22.9. The number of carbonyl (C=O) groups excluding carboxylic acids is 4. The Morgan fingerprint density at radius 1 is 0.825 bits per heavy atom.